The maximum absolute atomic E-state index is 12.3. The van der Waals surface area contributed by atoms with E-state index in [9.17, 15) is 4.79 Å². The van der Waals surface area contributed by atoms with Gasteiger partial charge in [-0.1, -0.05) is 25.4 Å². The Morgan fingerprint density at radius 2 is 1.81 bits per heavy atom. The molecule has 0 saturated carbocycles. The van der Waals surface area contributed by atoms with Crippen LogP contribution in [0.3, 0.4) is 0 Å². The quantitative estimate of drug-likeness (QED) is 0.794. The van der Waals surface area contributed by atoms with E-state index in [1.165, 1.54) is 11.8 Å². The summed E-state index contributed by atoms with van der Waals surface area (Å²) in [5, 5.41) is 0.404. The van der Waals surface area contributed by atoms with Crippen LogP contribution in [0.25, 0.3) is 0 Å². The van der Waals surface area contributed by atoms with Gasteiger partial charge in [-0.2, -0.15) is 0 Å². The summed E-state index contributed by atoms with van der Waals surface area (Å²) >= 11 is 7.79. The second-order valence-corrected chi connectivity index (χ2v) is 7.03. The lowest BCUT2D eigenvalue weighted by molar-refractivity contribution is -0.128. The number of benzene rings is 1. The zero-order chi connectivity index (χ0) is 15.6. The van der Waals surface area contributed by atoms with Gasteiger partial charge in [0.1, 0.15) is 13.2 Å². The largest absolute Gasteiger partial charge is 0.486 e. The number of halogens is 1. The highest BCUT2D eigenvalue weighted by Crippen LogP contribution is 2.42. The van der Waals surface area contributed by atoms with Crippen molar-refractivity contribution in [3.8, 4) is 11.5 Å². The van der Waals surface area contributed by atoms with E-state index >= 15 is 0 Å². The third-order valence-corrected chi connectivity index (χ3v) is 5.16. The molecule has 116 valence electrons. The average molecular weight is 330 g/mol. The van der Waals surface area contributed by atoms with E-state index < -0.39 is 0 Å². The van der Waals surface area contributed by atoms with Crippen LogP contribution in [-0.2, 0) is 4.79 Å². The second-order valence-electron chi connectivity index (χ2n) is 5.44. The number of hydrogen-bond acceptors (Lipinski definition) is 4. The molecule has 0 N–H and O–H groups in total. The van der Waals surface area contributed by atoms with Gasteiger partial charge in [0.2, 0.25) is 5.91 Å². The molecule has 1 amide bonds. The SMILES string of the molecule is CC(C)C(Sc1cc2c(cc1Cl)OCCO2)C(=O)N(C)C. The molecular formula is C15H20ClNO3S. The number of nitrogens with zero attached hydrogens (tertiary/aromatic N) is 1. The van der Waals surface area contributed by atoms with Crippen molar-refractivity contribution in [1.29, 1.82) is 0 Å². The van der Waals surface area contributed by atoms with Gasteiger partial charge in [0.15, 0.2) is 11.5 Å². The summed E-state index contributed by atoms with van der Waals surface area (Å²) in [6.07, 6.45) is 0. The van der Waals surface area contributed by atoms with Gasteiger partial charge in [-0.05, 0) is 12.0 Å². The molecule has 0 saturated heterocycles. The molecule has 6 heteroatoms. The maximum Gasteiger partial charge on any atom is 0.235 e. The highest BCUT2D eigenvalue weighted by molar-refractivity contribution is 8.00. The van der Waals surface area contributed by atoms with Crippen LogP contribution >= 0.6 is 23.4 Å². The lowest BCUT2D eigenvalue weighted by atomic mass is 10.1. The monoisotopic (exact) mass is 329 g/mol. The Morgan fingerprint density at radius 1 is 1.24 bits per heavy atom. The summed E-state index contributed by atoms with van der Waals surface area (Å²) in [5.41, 5.74) is 0. The van der Waals surface area contributed by atoms with Crippen LogP contribution in [0, 0.1) is 5.92 Å². The highest BCUT2D eigenvalue weighted by atomic mass is 35.5. The van der Waals surface area contributed by atoms with Crippen LogP contribution < -0.4 is 9.47 Å². The van der Waals surface area contributed by atoms with Crippen molar-refractivity contribution >= 4 is 29.3 Å². The number of carbonyl (C=O) groups excluding carboxylic acids is 1. The van der Waals surface area contributed by atoms with Gasteiger partial charge in [0.25, 0.3) is 0 Å². The minimum absolute atomic E-state index is 0.0842. The van der Waals surface area contributed by atoms with E-state index in [-0.39, 0.29) is 17.1 Å². The molecule has 2 rings (SSSR count). The summed E-state index contributed by atoms with van der Waals surface area (Å²) in [6, 6.07) is 3.62. The van der Waals surface area contributed by atoms with Gasteiger partial charge >= 0.3 is 0 Å². The second kappa shape index (κ2) is 6.79. The number of ether oxygens (including phenoxy) is 2. The Hall–Kier alpha value is -1.07. The highest BCUT2D eigenvalue weighted by Gasteiger charge is 2.27. The summed E-state index contributed by atoms with van der Waals surface area (Å²) in [5.74, 6) is 1.64. The van der Waals surface area contributed by atoms with Crippen LogP contribution in [0.5, 0.6) is 11.5 Å². The lowest BCUT2D eigenvalue weighted by Crippen LogP contribution is -2.34. The standard InChI is InChI=1S/C15H20ClNO3S/c1-9(2)14(15(18)17(3)4)21-13-8-12-11(7-10(13)16)19-5-6-20-12/h7-9,14H,5-6H2,1-4H3. The number of amides is 1. The molecule has 0 aliphatic carbocycles. The normalized spacial score (nSPS) is 15.0. The molecule has 1 aliphatic rings. The van der Waals surface area contributed by atoms with E-state index in [4.69, 9.17) is 21.1 Å². The summed E-state index contributed by atoms with van der Waals surface area (Å²) in [6.45, 7) is 5.13. The average Bonchev–Trinajstić information content (AvgIpc) is 2.43. The van der Waals surface area contributed by atoms with Crippen LogP contribution in [0.15, 0.2) is 17.0 Å². The summed E-state index contributed by atoms with van der Waals surface area (Å²) in [4.78, 5) is 14.8. The predicted molar refractivity (Wildman–Crippen MR) is 85.6 cm³/mol. The Balaban J connectivity index is 2.26. The Morgan fingerprint density at radius 3 is 2.33 bits per heavy atom. The fourth-order valence-corrected chi connectivity index (χ4v) is 3.49. The number of fused-ring (bicyclic) bond motifs is 1. The number of thioether (sulfide) groups is 1. The first kappa shape index (κ1) is 16.3. The molecule has 4 nitrogen and oxygen atoms in total. The molecule has 0 radical (unpaired) electrons. The third kappa shape index (κ3) is 3.77. The molecule has 0 aromatic heterocycles. The Labute approximate surface area is 134 Å². The Kier molecular flexibility index (Phi) is 5.27. The van der Waals surface area contributed by atoms with Crippen molar-refractivity contribution in [3.63, 3.8) is 0 Å². The van der Waals surface area contributed by atoms with Gasteiger partial charge in [-0.3, -0.25) is 4.79 Å². The number of carbonyl (C=O) groups is 1. The molecule has 1 atom stereocenters. The maximum atomic E-state index is 12.3. The van der Waals surface area contributed by atoms with Gasteiger partial charge in [0.05, 0.1) is 10.3 Å². The molecule has 0 bridgehead atoms. The van der Waals surface area contributed by atoms with Crippen molar-refractivity contribution in [2.45, 2.75) is 24.0 Å². The van der Waals surface area contributed by atoms with E-state index in [1.54, 1.807) is 25.1 Å². The van der Waals surface area contributed by atoms with Crippen LogP contribution in [-0.4, -0.2) is 43.4 Å². The molecule has 0 fully saturated rings. The molecule has 1 heterocycles. The van der Waals surface area contributed by atoms with Gasteiger partial charge in [-0.25, -0.2) is 0 Å². The van der Waals surface area contributed by atoms with Crippen molar-refractivity contribution in [1.82, 2.24) is 4.90 Å². The minimum Gasteiger partial charge on any atom is -0.486 e. The zero-order valence-corrected chi connectivity index (χ0v) is 14.3. The fraction of sp³-hybridized carbons (Fsp3) is 0.533. The first-order valence-corrected chi connectivity index (χ1v) is 8.13. The van der Waals surface area contributed by atoms with E-state index in [2.05, 4.69) is 0 Å². The number of hydrogen-bond donors (Lipinski definition) is 0. The van der Waals surface area contributed by atoms with Crippen molar-refractivity contribution in [2.24, 2.45) is 5.92 Å². The van der Waals surface area contributed by atoms with Crippen LogP contribution in [0.4, 0.5) is 0 Å². The molecule has 1 aromatic carbocycles. The molecule has 0 spiro atoms. The predicted octanol–water partition coefficient (Wildman–Crippen LogP) is 3.32. The van der Waals surface area contributed by atoms with E-state index in [0.29, 0.717) is 29.7 Å². The van der Waals surface area contributed by atoms with Crippen LogP contribution in [0.1, 0.15) is 13.8 Å². The van der Waals surface area contributed by atoms with E-state index in [0.717, 1.165) is 4.90 Å². The third-order valence-electron chi connectivity index (χ3n) is 3.14. The summed E-state index contributed by atoms with van der Waals surface area (Å²) < 4.78 is 11.1. The molecule has 21 heavy (non-hydrogen) atoms. The zero-order valence-electron chi connectivity index (χ0n) is 12.7. The first-order chi connectivity index (χ1) is 9.90. The Bertz CT molecular complexity index is 534. The topological polar surface area (TPSA) is 38.8 Å². The minimum atomic E-state index is -0.181. The van der Waals surface area contributed by atoms with Crippen LogP contribution in [0.2, 0.25) is 5.02 Å². The van der Waals surface area contributed by atoms with Crippen molar-refractivity contribution in [2.75, 3.05) is 27.3 Å². The molecular weight excluding hydrogens is 310 g/mol. The van der Waals surface area contributed by atoms with Gasteiger partial charge < -0.3 is 14.4 Å². The van der Waals surface area contributed by atoms with Gasteiger partial charge in [-0.15, -0.1) is 11.8 Å². The first-order valence-electron chi connectivity index (χ1n) is 6.87. The van der Waals surface area contributed by atoms with E-state index in [1.807, 2.05) is 19.9 Å². The fourth-order valence-electron chi connectivity index (χ4n) is 2.00. The smallest absolute Gasteiger partial charge is 0.235 e. The van der Waals surface area contributed by atoms with Gasteiger partial charge in [0, 0.05) is 25.1 Å². The summed E-state index contributed by atoms with van der Waals surface area (Å²) in [7, 11) is 3.54. The van der Waals surface area contributed by atoms with Crippen molar-refractivity contribution in [3.05, 3.63) is 17.2 Å². The lowest BCUT2D eigenvalue weighted by Gasteiger charge is -2.25. The molecule has 1 aliphatic heterocycles. The molecule has 1 unspecified atom stereocenters. The van der Waals surface area contributed by atoms with Crippen molar-refractivity contribution < 1.29 is 14.3 Å². The number of rotatable bonds is 4. The molecule has 1 aromatic rings.